The average molecular weight is 431 g/mol. The van der Waals surface area contributed by atoms with Crippen molar-refractivity contribution in [2.75, 3.05) is 7.11 Å². The summed E-state index contributed by atoms with van der Waals surface area (Å²) < 4.78 is 5.30. The molecule has 1 atom stereocenters. The summed E-state index contributed by atoms with van der Waals surface area (Å²) in [6.45, 7) is 0. The second-order valence-electron chi connectivity index (χ2n) is 5.83. The fourth-order valence-corrected chi connectivity index (χ4v) is 3.08. The lowest BCUT2D eigenvalue weighted by atomic mass is 9.92. The van der Waals surface area contributed by atoms with Crippen LogP contribution in [0.4, 0.5) is 0 Å². The molecule has 1 unspecified atom stereocenters. The molecule has 0 spiro atoms. The van der Waals surface area contributed by atoms with Gasteiger partial charge in [0.1, 0.15) is 0 Å². The van der Waals surface area contributed by atoms with Crippen molar-refractivity contribution in [3.05, 3.63) is 90.2 Å². The van der Waals surface area contributed by atoms with E-state index in [0.29, 0.717) is 16.1 Å². The van der Waals surface area contributed by atoms with Crippen LogP contribution in [0.1, 0.15) is 27.5 Å². The van der Waals surface area contributed by atoms with Gasteiger partial charge in [0, 0.05) is 10.0 Å². The summed E-state index contributed by atoms with van der Waals surface area (Å²) in [5.74, 6) is -1.66. The zero-order valence-corrected chi connectivity index (χ0v) is 16.4. The summed E-state index contributed by atoms with van der Waals surface area (Å²) in [4.78, 5) is 37.5. The first-order valence-electron chi connectivity index (χ1n) is 8.12. The van der Waals surface area contributed by atoms with Gasteiger partial charge in [-0.05, 0) is 35.4 Å². The predicted molar refractivity (Wildman–Crippen MR) is 106 cm³/mol. The minimum absolute atomic E-state index is 0.193. The van der Waals surface area contributed by atoms with E-state index in [1.165, 1.54) is 12.1 Å². The van der Waals surface area contributed by atoms with Gasteiger partial charge < -0.3 is 4.74 Å². The Kier molecular flexibility index (Phi) is 5.82. The molecule has 0 aliphatic heterocycles. The van der Waals surface area contributed by atoms with Crippen molar-refractivity contribution in [1.82, 2.24) is 14.8 Å². The van der Waals surface area contributed by atoms with Gasteiger partial charge in [-0.25, -0.2) is 9.59 Å². The van der Waals surface area contributed by atoms with Crippen LogP contribution < -0.4 is 11.2 Å². The highest BCUT2D eigenvalue weighted by atomic mass is 35.5. The van der Waals surface area contributed by atoms with Gasteiger partial charge in [0.25, 0.3) is 5.56 Å². The van der Waals surface area contributed by atoms with Gasteiger partial charge in [-0.1, -0.05) is 41.4 Å². The summed E-state index contributed by atoms with van der Waals surface area (Å²) in [7, 11) is 1.09. The van der Waals surface area contributed by atoms with E-state index >= 15 is 0 Å². The maximum atomic E-state index is 12.1. The van der Waals surface area contributed by atoms with Gasteiger partial charge in [0.2, 0.25) is 5.69 Å². The minimum atomic E-state index is -0.991. The first-order chi connectivity index (χ1) is 13.8. The molecular formula is C19H12Cl2N4O4. The average Bonchev–Trinajstić information content (AvgIpc) is 2.70. The number of hydrogen-bond acceptors (Lipinski definition) is 6. The van der Waals surface area contributed by atoms with Crippen LogP contribution in [-0.2, 0) is 4.74 Å². The SMILES string of the molecule is COC(=O)c1nn(-c2ccc(C(C#N)c3ccc(Cl)cc3)c(Cl)c2)c(=O)[nH]c1=O. The Hall–Kier alpha value is -3.41. The smallest absolute Gasteiger partial charge is 0.364 e. The lowest BCUT2D eigenvalue weighted by Crippen LogP contribution is -2.36. The Morgan fingerprint density at radius 1 is 1.21 bits per heavy atom. The predicted octanol–water partition coefficient (Wildman–Crippen LogP) is 2.67. The van der Waals surface area contributed by atoms with E-state index < -0.39 is 28.8 Å². The molecule has 0 aliphatic rings. The Labute approximate surface area is 173 Å². The number of hydrogen-bond donors (Lipinski definition) is 1. The van der Waals surface area contributed by atoms with Crippen molar-refractivity contribution >= 4 is 29.2 Å². The van der Waals surface area contributed by atoms with E-state index in [-0.39, 0.29) is 10.7 Å². The number of nitrogens with one attached hydrogen (secondary N) is 1. The summed E-state index contributed by atoms with van der Waals surface area (Å²) >= 11 is 12.3. The number of aromatic nitrogens is 3. The van der Waals surface area contributed by atoms with Crippen molar-refractivity contribution < 1.29 is 9.53 Å². The molecule has 1 N–H and O–H groups in total. The molecule has 3 rings (SSSR count). The van der Waals surface area contributed by atoms with Crippen LogP contribution >= 0.6 is 23.2 Å². The third kappa shape index (κ3) is 4.06. The van der Waals surface area contributed by atoms with Gasteiger partial charge in [-0.2, -0.15) is 15.0 Å². The van der Waals surface area contributed by atoms with Gasteiger partial charge in [0.15, 0.2) is 0 Å². The van der Waals surface area contributed by atoms with E-state index in [2.05, 4.69) is 15.9 Å². The first kappa shape index (κ1) is 20.3. The molecule has 0 saturated heterocycles. The zero-order chi connectivity index (χ0) is 21.1. The summed E-state index contributed by atoms with van der Waals surface area (Å²) in [6, 6.07) is 13.4. The van der Waals surface area contributed by atoms with E-state index in [9.17, 15) is 19.6 Å². The molecule has 146 valence electrons. The van der Waals surface area contributed by atoms with Gasteiger partial charge in [0.05, 0.1) is 24.8 Å². The fraction of sp³-hybridized carbons (Fsp3) is 0.105. The number of rotatable bonds is 4. The molecule has 2 aromatic carbocycles. The van der Waals surface area contributed by atoms with E-state index in [1.807, 2.05) is 4.98 Å². The van der Waals surface area contributed by atoms with Crippen LogP contribution in [0.15, 0.2) is 52.1 Å². The quantitative estimate of drug-likeness (QED) is 0.635. The number of nitriles is 1. The number of nitrogens with zero attached hydrogens (tertiary/aromatic N) is 3. The molecule has 0 amide bonds. The van der Waals surface area contributed by atoms with Crippen LogP contribution in [-0.4, -0.2) is 27.8 Å². The second-order valence-corrected chi connectivity index (χ2v) is 6.67. The van der Waals surface area contributed by atoms with Gasteiger partial charge in [-0.3, -0.25) is 9.78 Å². The highest BCUT2D eigenvalue weighted by Crippen LogP contribution is 2.31. The third-order valence-corrected chi connectivity index (χ3v) is 4.66. The standard InChI is InChI=1S/C19H12Cl2N4O4/c1-29-18(27)16-17(26)23-19(28)25(24-16)12-6-7-13(15(21)8-12)14(9-22)10-2-4-11(20)5-3-10/h2-8,14H,1H3,(H,23,26,28). The van der Waals surface area contributed by atoms with Crippen LogP contribution in [0.5, 0.6) is 0 Å². The molecule has 0 radical (unpaired) electrons. The van der Waals surface area contributed by atoms with Crippen LogP contribution in [0.25, 0.3) is 5.69 Å². The highest BCUT2D eigenvalue weighted by molar-refractivity contribution is 6.31. The molecule has 1 heterocycles. The largest absolute Gasteiger partial charge is 0.464 e. The third-order valence-electron chi connectivity index (χ3n) is 4.08. The maximum Gasteiger partial charge on any atom is 0.364 e. The highest BCUT2D eigenvalue weighted by Gasteiger charge is 2.20. The number of ether oxygens (including phenoxy) is 1. The molecule has 0 fully saturated rings. The molecule has 1 aromatic heterocycles. The van der Waals surface area contributed by atoms with Crippen molar-refractivity contribution in [2.24, 2.45) is 0 Å². The molecule has 10 heteroatoms. The van der Waals surface area contributed by atoms with Crippen molar-refractivity contribution in [3.8, 4) is 11.8 Å². The van der Waals surface area contributed by atoms with Crippen molar-refractivity contribution in [3.63, 3.8) is 0 Å². The number of H-pyrrole nitrogens is 1. The number of methoxy groups -OCH3 is 1. The summed E-state index contributed by atoms with van der Waals surface area (Å²) in [5.41, 5.74) is -1.01. The summed E-state index contributed by atoms with van der Waals surface area (Å²) in [5, 5.41) is 14.1. The molecular weight excluding hydrogens is 419 g/mol. The van der Waals surface area contributed by atoms with Crippen LogP contribution in [0.2, 0.25) is 10.0 Å². The fourth-order valence-electron chi connectivity index (χ4n) is 2.67. The Morgan fingerprint density at radius 2 is 1.90 bits per heavy atom. The number of carbonyl (C=O) groups is 1. The van der Waals surface area contributed by atoms with E-state index in [0.717, 1.165) is 11.8 Å². The van der Waals surface area contributed by atoms with Gasteiger partial charge in [-0.15, -0.1) is 0 Å². The monoisotopic (exact) mass is 430 g/mol. The molecule has 3 aromatic rings. The molecule has 0 saturated carbocycles. The molecule has 0 aliphatic carbocycles. The molecule has 8 nitrogen and oxygen atoms in total. The van der Waals surface area contributed by atoms with E-state index in [4.69, 9.17) is 23.2 Å². The topological polar surface area (TPSA) is 118 Å². The van der Waals surface area contributed by atoms with E-state index in [1.54, 1.807) is 30.3 Å². The second kappa shape index (κ2) is 8.31. The molecule has 0 bridgehead atoms. The number of halogens is 2. The molecule has 29 heavy (non-hydrogen) atoms. The van der Waals surface area contributed by atoms with Crippen LogP contribution in [0, 0.1) is 11.3 Å². The van der Waals surface area contributed by atoms with Gasteiger partial charge >= 0.3 is 11.7 Å². The number of carbonyl (C=O) groups excluding carboxylic acids is 1. The lowest BCUT2D eigenvalue weighted by molar-refractivity contribution is 0.0589. The maximum absolute atomic E-state index is 12.1. The van der Waals surface area contributed by atoms with Crippen LogP contribution in [0.3, 0.4) is 0 Å². The first-order valence-corrected chi connectivity index (χ1v) is 8.88. The Morgan fingerprint density at radius 3 is 2.48 bits per heavy atom. The normalized spacial score (nSPS) is 11.5. The number of benzene rings is 2. The number of esters is 1. The Bertz CT molecular complexity index is 1240. The Balaban J connectivity index is 2.07. The minimum Gasteiger partial charge on any atom is -0.464 e. The lowest BCUT2D eigenvalue weighted by Gasteiger charge is -2.13. The zero-order valence-electron chi connectivity index (χ0n) is 14.8. The van der Waals surface area contributed by atoms with Crippen molar-refractivity contribution in [1.29, 1.82) is 5.26 Å². The van der Waals surface area contributed by atoms with Crippen molar-refractivity contribution in [2.45, 2.75) is 5.92 Å². The summed E-state index contributed by atoms with van der Waals surface area (Å²) in [6.07, 6.45) is 0. The number of aromatic amines is 1.